The van der Waals surface area contributed by atoms with Crippen LogP contribution in [0.2, 0.25) is 18.1 Å². The Labute approximate surface area is 114 Å². The van der Waals surface area contributed by atoms with Gasteiger partial charge in [0.15, 0.2) is 8.32 Å². The molecule has 0 heterocycles. The molecule has 2 nitrogen and oxygen atoms in total. The van der Waals surface area contributed by atoms with Gasteiger partial charge in [-0.05, 0) is 49.7 Å². The molecule has 0 bridgehead atoms. The normalized spacial score (nSPS) is 26.3. The maximum absolute atomic E-state index is 9.01. The molecule has 0 radical (unpaired) electrons. The lowest BCUT2D eigenvalue weighted by Gasteiger charge is -2.43. The molecule has 0 amide bonds. The molecule has 0 saturated heterocycles. The first-order chi connectivity index (χ1) is 8.28. The summed E-state index contributed by atoms with van der Waals surface area (Å²) in [7, 11) is -1.64. The summed E-state index contributed by atoms with van der Waals surface area (Å²) in [6, 6.07) is 0. The van der Waals surface area contributed by atoms with Crippen LogP contribution < -0.4 is 0 Å². The van der Waals surface area contributed by atoms with Gasteiger partial charge in [-0.25, -0.2) is 0 Å². The number of aliphatic hydroxyl groups is 1. The van der Waals surface area contributed by atoms with Crippen molar-refractivity contribution in [3.8, 4) is 0 Å². The largest absolute Gasteiger partial charge is 0.414 e. The maximum Gasteiger partial charge on any atom is 0.192 e. The van der Waals surface area contributed by atoms with Gasteiger partial charge in [-0.3, -0.25) is 0 Å². The van der Waals surface area contributed by atoms with Gasteiger partial charge in [0.25, 0.3) is 0 Å². The lowest BCUT2D eigenvalue weighted by atomic mass is 9.84. The van der Waals surface area contributed by atoms with Crippen molar-refractivity contribution in [1.82, 2.24) is 0 Å². The van der Waals surface area contributed by atoms with Gasteiger partial charge in [-0.15, -0.1) is 0 Å². The number of rotatable bonds is 5. The Hall–Kier alpha value is 0.137. The van der Waals surface area contributed by atoms with Crippen LogP contribution in [0, 0.1) is 5.92 Å². The van der Waals surface area contributed by atoms with Crippen molar-refractivity contribution in [1.29, 1.82) is 0 Å². The van der Waals surface area contributed by atoms with Crippen LogP contribution in [0.15, 0.2) is 0 Å². The number of aliphatic hydroxyl groups excluding tert-OH is 1. The quantitative estimate of drug-likeness (QED) is 0.754. The first-order valence-corrected chi connectivity index (χ1v) is 10.5. The third-order valence-electron chi connectivity index (χ3n) is 4.82. The van der Waals surface area contributed by atoms with Gasteiger partial charge in [-0.2, -0.15) is 0 Å². The number of hydrogen-bond donors (Lipinski definition) is 1. The zero-order valence-electron chi connectivity index (χ0n) is 13.0. The first-order valence-electron chi connectivity index (χ1n) is 7.56. The Bertz CT molecular complexity index is 245. The van der Waals surface area contributed by atoms with E-state index in [1.165, 1.54) is 25.7 Å². The molecule has 0 aliphatic heterocycles. The molecule has 108 valence electrons. The highest BCUT2D eigenvalue weighted by molar-refractivity contribution is 6.74. The SMILES string of the molecule is CC(C)(C)[Si](C)(C)OC1CCCCC1CCCO. The molecule has 18 heavy (non-hydrogen) atoms. The van der Waals surface area contributed by atoms with E-state index >= 15 is 0 Å². The third kappa shape index (κ3) is 4.36. The average Bonchev–Trinajstić information content (AvgIpc) is 2.26. The fourth-order valence-electron chi connectivity index (χ4n) is 2.57. The van der Waals surface area contributed by atoms with Crippen molar-refractivity contribution in [3.63, 3.8) is 0 Å². The predicted molar refractivity (Wildman–Crippen MR) is 80.3 cm³/mol. The van der Waals surface area contributed by atoms with Crippen molar-refractivity contribution < 1.29 is 9.53 Å². The second-order valence-electron chi connectivity index (χ2n) is 7.33. The Balaban J connectivity index is 2.61. The molecule has 0 aromatic heterocycles. The van der Waals surface area contributed by atoms with E-state index in [0.717, 1.165) is 12.8 Å². The molecule has 2 unspecified atom stereocenters. The van der Waals surface area contributed by atoms with Crippen LogP contribution in [0.1, 0.15) is 59.3 Å². The van der Waals surface area contributed by atoms with Crippen LogP contribution in [0.4, 0.5) is 0 Å². The second kappa shape index (κ2) is 6.53. The number of hydrogen-bond acceptors (Lipinski definition) is 2. The molecule has 2 atom stereocenters. The van der Waals surface area contributed by atoms with E-state index < -0.39 is 8.32 Å². The van der Waals surface area contributed by atoms with Gasteiger partial charge < -0.3 is 9.53 Å². The zero-order chi connectivity index (χ0) is 13.8. The van der Waals surface area contributed by atoms with E-state index in [2.05, 4.69) is 33.9 Å². The molecular formula is C15H32O2Si. The van der Waals surface area contributed by atoms with Crippen LogP contribution in [0.5, 0.6) is 0 Å². The van der Waals surface area contributed by atoms with Crippen molar-refractivity contribution in [3.05, 3.63) is 0 Å². The first kappa shape index (κ1) is 16.2. The van der Waals surface area contributed by atoms with Crippen LogP contribution in [-0.4, -0.2) is 26.1 Å². The summed E-state index contributed by atoms with van der Waals surface area (Å²) in [4.78, 5) is 0. The highest BCUT2D eigenvalue weighted by Crippen LogP contribution is 2.41. The highest BCUT2D eigenvalue weighted by Gasteiger charge is 2.41. The lowest BCUT2D eigenvalue weighted by molar-refractivity contribution is 0.0703. The minimum Gasteiger partial charge on any atom is -0.414 e. The minimum atomic E-state index is -1.64. The Kier molecular flexibility index (Phi) is 5.88. The fourth-order valence-corrected chi connectivity index (χ4v) is 3.99. The summed E-state index contributed by atoms with van der Waals surface area (Å²) in [6.07, 6.45) is 7.69. The van der Waals surface area contributed by atoms with Gasteiger partial charge in [0.05, 0.1) is 0 Å². The van der Waals surface area contributed by atoms with Crippen LogP contribution in [0.3, 0.4) is 0 Å². The molecule has 1 fully saturated rings. The van der Waals surface area contributed by atoms with Gasteiger partial charge in [0.2, 0.25) is 0 Å². The molecule has 1 rings (SSSR count). The Morgan fingerprint density at radius 3 is 2.33 bits per heavy atom. The van der Waals surface area contributed by atoms with Crippen LogP contribution in [0.25, 0.3) is 0 Å². The molecule has 0 aromatic carbocycles. The van der Waals surface area contributed by atoms with E-state index in [0.29, 0.717) is 23.7 Å². The molecule has 1 aliphatic carbocycles. The van der Waals surface area contributed by atoms with E-state index in [-0.39, 0.29) is 0 Å². The predicted octanol–water partition coefficient (Wildman–Crippen LogP) is 4.34. The van der Waals surface area contributed by atoms with Crippen LogP contribution >= 0.6 is 0 Å². The smallest absolute Gasteiger partial charge is 0.192 e. The monoisotopic (exact) mass is 272 g/mol. The van der Waals surface area contributed by atoms with E-state index in [1.54, 1.807) is 0 Å². The van der Waals surface area contributed by atoms with Gasteiger partial charge in [0, 0.05) is 12.7 Å². The van der Waals surface area contributed by atoms with Crippen molar-refractivity contribution in [2.24, 2.45) is 5.92 Å². The van der Waals surface area contributed by atoms with E-state index in [4.69, 9.17) is 9.53 Å². The summed E-state index contributed by atoms with van der Waals surface area (Å²) in [6.45, 7) is 12.0. The minimum absolute atomic E-state index is 0.298. The van der Waals surface area contributed by atoms with E-state index in [9.17, 15) is 0 Å². The van der Waals surface area contributed by atoms with Crippen LogP contribution in [-0.2, 0) is 4.43 Å². The molecule has 1 saturated carbocycles. The molecule has 1 N–H and O–H groups in total. The molecule has 3 heteroatoms. The summed E-state index contributed by atoms with van der Waals surface area (Å²) < 4.78 is 6.61. The standard InChI is InChI=1S/C15H32O2Si/c1-15(2,3)18(4,5)17-14-11-7-6-9-13(14)10-8-12-16/h13-14,16H,6-12H2,1-5H3. The summed E-state index contributed by atoms with van der Waals surface area (Å²) >= 11 is 0. The fraction of sp³-hybridized carbons (Fsp3) is 1.00. The third-order valence-corrected chi connectivity index (χ3v) is 9.33. The van der Waals surface area contributed by atoms with Gasteiger partial charge >= 0.3 is 0 Å². The molecular weight excluding hydrogens is 240 g/mol. The van der Waals surface area contributed by atoms with Crippen molar-refractivity contribution >= 4 is 8.32 Å². The Morgan fingerprint density at radius 1 is 1.17 bits per heavy atom. The van der Waals surface area contributed by atoms with E-state index in [1.807, 2.05) is 0 Å². The summed E-state index contributed by atoms with van der Waals surface area (Å²) in [5.74, 6) is 0.681. The maximum atomic E-state index is 9.01. The summed E-state index contributed by atoms with van der Waals surface area (Å²) in [5.41, 5.74) is 0. The zero-order valence-corrected chi connectivity index (χ0v) is 14.0. The average molecular weight is 273 g/mol. The highest BCUT2D eigenvalue weighted by atomic mass is 28.4. The summed E-state index contributed by atoms with van der Waals surface area (Å²) in [5, 5.41) is 9.31. The molecule has 0 aromatic rings. The van der Waals surface area contributed by atoms with Gasteiger partial charge in [0.1, 0.15) is 0 Å². The molecule has 0 spiro atoms. The van der Waals surface area contributed by atoms with Crippen molar-refractivity contribution in [2.75, 3.05) is 6.61 Å². The lowest BCUT2D eigenvalue weighted by Crippen LogP contribution is -2.46. The van der Waals surface area contributed by atoms with Crippen molar-refractivity contribution in [2.45, 2.75) is 83.5 Å². The second-order valence-corrected chi connectivity index (χ2v) is 12.1. The molecule has 1 aliphatic rings. The van der Waals surface area contributed by atoms with Gasteiger partial charge in [-0.1, -0.05) is 33.6 Å². The Morgan fingerprint density at radius 2 is 1.78 bits per heavy atom. The topological polar surface area (TPSA) is 29.5 Å².